The molecule has 74 valence electrons. The molecule has 0 unspecified atom stereocenters. The van der Waals surface area contributed by atoms with Crippen LogP contribution in [0, 0.1) is 0 Å². The van der Waals surface area contributed by atoms with E-state index in [-0.39, 0.29) is 5.60 Å². The molecule has 0 saturated carbocycles. The normalized spacial score (nSPS) is 24.6. The predicted octanol–water partition coefficient (Wildman–Crippen LogP) is 2.16. The van der Waals surface area contributed by atoms with E-state index in [9.17, 15) is 0 Å². The van der Waals surface area contributed by atoms with Crippen molar-refractivity contribution in [3.63, 3.8) is 0 Å². The summed E-state index contributed by atoms with van der Waals surface area (Å²) in [5.41, 5.74) is 1.00. The van der Waals surface area contributed by atoms with Gasteiger partial charge in [-0.3, -0.25) is 0 Å². The Labute approximate surface area is 84.2 Å². The minimum Gasteiger partial charge on any atom is -0.373 e. The van der Waals surface area contributed by atoms with E-state index >= 15 is 0 Å². The van der Waals surface area contributed by atoms with Gasteiger partial charge in [0.1, 0.15) is 5.60 Å². The Balaban J connectivity index is 1.76. The second kappa shape index (κ2) is 3.95. The first-order chi connectivity index (χ1) is 6.85. The lowest BCUT2D eigenvalue weighted by atomic mass is 10.2. The van der Waals surface area contributed by atoms with Crippen molar-refractivity contribution in [2.45, 2.75) is 12.2 Å². The second-order valence-electron chi connectivity index (χ2n) is 3.54. The van der Waals surface area contributed by atoms with Crippen molar-refractivity contribution in [3.8, 4) is 0 Å². The molecule has 14 heavy (non-hydrogen) atoms. The fourth-order valence-corrected chi connectivity index (χ4v) is 1.27. The molecule has 1 atom stereocenters. The molecule has 0 aromatic heterocycles. The molecule has 1 heterocycles. The minimum atomic E-state index is -0.186. The van der Waals surface area contributed by atoms with Crippen molar-refractivity contribution in [1.29, 1.82) is 0 Å². The molecule has 1 aliphatic rings. The van der Waals surface area contributed by atoms with Gasteiger partial charge >= 0.3 is 0 Å². The number of hydrogen-bond donors (Lipinski definition) is 0. The summed E-state index contributed by atoms with van der Waals surface area (Å²) in [4.78, 5) is 0. The van der Waals surface area contributed by atoms with E-state index in [1.54, 1.807) is 0 Å². The van der Waals surface area contributed by atoms with E-state index in [0.717, 1.165) is 6.61 Å². The predicted molar refractivity (Wildman–Crippen MR) is 55.0 cm³/mol. The Morgan fingerprint density at radius 1 is 1.43 bits per heavy atom. The first-order valence-electron chi connectivity index (χ1n) is 4.74. The van der Waals surface area contributed by atoms with Gasteiger partial charge in [-0.05, 0) is 5.56 Å². The van der Waals surface area contributed by atoms with Crippen LogP contribution in [0.5, 0.6) is 0 Å². The molecule has 2 nitrogen and oxygen atoms in total. The van der Waals surface area contributed by atoms with Crippen LogP contribution < -0.4 is 0 Å². The van der Waals surface area contributed by atoms with Gasteiger partial charge in [0.05, 0.1) is 19.8 Å². The number of epoxide rings is 1. The SMILES string of the molecule is C=C[C@@]1(COCc2ccccc2)CO1. The zero-order valence-electron chi connectivity index (χ0n) is 8.11. The van der Waals surface area contributed by atoms with Crippen LogP contribution >= 0.6 is 0 Å². The fraction of sp³-hybridized carbons (Fsp3) is 0.333. The summed E-state index contributed by atoms with van der Waals surface area (Å²) in [6, 6.07) is 10.1. The molecular weight excluding hydrogens is 176 g/mol. The van der Waals surface area contributed by atoms with Crippen molar-refractivity contribution in [3.05, 3.63) is 48.6 Å². The van der Waals surface area contributed by atoms with E-state index in [1.165, 1.54) is 5.56 Å². The van der Waals surface area contributed by atoms with Crippen LogP contribution in [0.2, 0.25) is 0 Å². The van der Waals surface area contributed by atoms with Gasteiger partial charge in [-0.2, -0.15) is 0 Å². The minimum absolute atomic E-state index is 0.186. The van der Waals surface area contributed by atoms with Gasteiger partial charge in [-0.25, -0.2) is 0 Å². The van der Waals surface area contributed by atoms with E-state index in [0.29, 0.717) is 13.2 Å². The molecule has 1 fully saturated rings. The summed E-state index contributed by atoms with van der Waals surface area (Å²) in [7, 11) is 0. The molecule has 1 aromatic rings. The molecule has 0 radical (unpaired) electrons. The lowest BCUT2D eigenvalue weighted by molar-refractivity contribution is 0.0836. The molecule has 1 aromatic carbocycles. The van der Waals surface area contributed by atoms with E-state index in [1.807, 2.05) is 36.4 Å². The Bertz CT molecular complexity index is 301. The smallest absolute Gasteiger partial charge is 0.133 e. The van der Waals surface area contributed by atoms with Gasteiger partial charge in [0.25, 0.3) is 0 Å². The highest BCUT2D eigenvalue weighted by atomic mass is 16.6. The first kappa shape index (κ1) is 9.44. The molecule has 0 N–H and O–H groups in total. The van der Waals surface area contributed by atoms with Crippen molar-refractivity contribution in [2.24, 2.45) is 0 Å². The van der Waals surface area contributed by atoms with E-state index < -0.39 is 0 Å². The maximum atomic E-state index is 5.54. The van der Waals surface area contributed by atoms with Crippen molar-refractivity contribution >= 4 is 0 Å². The quantitative estimate of drug-likeness (QED) is 0.524. The van der Waals surface area contributed by atoms with Crippen LogP contribution in [0.1, 0.15) is 5.56 Å². The maximum Gasteiger partial charge on any atom is 0.133 e. The highest BCUT2D eigenvalue weighted by Gasteiger charge is 2.41. The van der Waals surface area contributed by atoms with Gasteiger partial charge in [0.2, 0.25) is 0 Å². The summed E-state index contributed by atoms with van der Waals surface area (Å²) in [5.74, 6) is 0. The third kappa shape index (κ3) is 2.22. The number of ether oxygens (including phenoxy) is 2. The van der Waals surface area contributed by atoms with Crippen LogP contribution in [-0.2, 0) is 16.1 Å². The lowest BCUT2D eigenvalue weighted by Gasteiger charge is -2.07. The van der Waals surface area contributed by atoms with Crippen molar-refractivity contribution < 1.29 is 9.47 Å². The molecular formula is C12H14O2. The standard InChI is InChI=1S/C12H14O2/c1-2-12(10-14-12)9-13-8-11-6-4-3-5-7-11/h2-7H,1,8-10H2/t12-/m1/s1. The zero-order chi connectivity index (χ0) is 9.86. The van der Waals surface area contributed by atoms with Gasteiger partial charge in [0, 0.05) is 0 Å². The Hall–Kier alpha value is -1.12. The third-order valence-corrected chi connectivity index (χ3v) is 2.35. The van der Waals surface area contributed by atoms with Crippen molar-refractivity contribution in [2.75, 3.05) is 13.2 Å². The lowest BCUT2D eigenvalue weighted by Crippen LogP contribution is -2.15. The summed E-state index contributed by atoms with van der Waals surface area (Å²) in [5, 5.41) is 0. The molecule has 1 saturated heterocycles. The molecule has 0 amide bonds. The molecule has 2 heteroatoms. The average Bonchev–Trinajstić information content (AvgIpc) is 3.00. The maximum absolute atomic E-state index is 5.54. The van der Waals surface area contributed by atoms with Crippen LogP contribution in [0.25, 0.3) is 0 Å². The highest BCUT2D eigenvalue weighted by Crippen LogP contribution is 2.28. The number of rotatable bonds is 5. The molecule has 0 bridgehead atoms. The molecule has 0 spiro atoms. The second-order valence-corrected chi connectivity index (χ2v) is 3.54. The van der Waals surface area contributed by atoms with Crippen molar-refractivity contribution in [1.82, 2.24) is 0 Å². The van der Waals surface area contributed by atoms with Crippen LogP contribution in [-0.4, -0.2) is 18.8 Å². The van der Waals surface area contributed by atoms with E-state index in [4.69, 9.17) is 9.47 Å². The Kier molecular flexibility index (Phi) is 2.66. The van der Waals surface area contributed by atoms with Gasteiger partial charge < -0.3 is 9.47 Å². The third-order valence-electron chi connectivity index (χ3n) is 2.35. The summed E-state index contributed by atoms with van der Waals surface area (Å²) in [6.45, 7) is 5.70. The van der Waals surface area contributed by atoms with Crippen LogP contribution in [0.15, 0.2) is 43.0 Å². The topological polar surface area (TPSA) is 21.8 Å². The Morgan fingerprint density at radius 3 is 2.71 bits per heavy atom. The van der Waals surface area contributed by atoms with Gasteiger partial charge in [-0.15, -0.1) is 6.58 Å². The summed E-state index contributed by atoms with van der Waals surface area (Å²) < 4.78 is 10.8. The fourth-order valence-electron chi connectivity index (χ4n) is 1.27. The van der Waals surface area contributed by atoms with Crippen LogP contribution in [0.4, 0.5) is 0 Å². The first-order valence-corrected chi connectivity index (χ1v) is 4.74. The number of hydrogen-bond acceptors (Lipinski definition) is 2. The largest absolute Gasteiger partial charge is 0.373 e. The number of benzene rings is 1. The van der Waals surface area contributed by atoms with Crippen LogP contribution in [0.3, 0.4) is 0 Å². The zero-order valence-corrected chi connectivity index (χ0v) is 8.11. The summed E-state index contributed by atoms with van der Waals surface area (Å²) in [6.07, 6.45) is 1.82. The van der Waals surface area contributed by atoms with E-state index in [2.05, 4.69) is 6.58 Å². The summed E-state index contributed by atoms with van der Waals surface area (Å²) >= 11 is 0. The van der Waals surface area contributed by atoms with Gasteiger partial charge in [0.15, 0.2) is 0 Å². The molecule has 0 aliphatic carbocycles. The van der Waals surface area contributed by atoms with Gasteiger partial charge in [-0.1, -0.05) is 36.4 Å². The molecule has 1 aliphatic heterocycles. The Morgan fingerprint density at radius 2 is 2.14 bits per heavy atom. The average molecular weight is 190 g/mol. The highest BCUT2D eigenvalue weighted by molar-refractivity contribution is 5.13. The monoisotopic (exact) mass is 190 g/mol. The molecule has 2 rings (SSSR count).